The fourth-order valence-electron chi connectivity index (χ4n) is 1.66. The van der Waals surface area contributed by atoms with E-state index in [1.54, 1.807) is 6.20 Å². The Bertz CT molecular complexity index is 286. The van der Waals surface area contributed by atoms with E-state index in [1.165, 1.54) is 12.0 Å². The molecule has 78 valence electrons. The van der Waals surface area contributed by atoms with E-state index in [2.05, 4.69) is 34.8 Å². The first-order chi connectivity index (χ1) is 6.58. The molecule has 0 amide bonds. The molecule has 0 saturated carbocycles. The molecule has 0 radical (unpaired) electrons. The minimum absolute atomic E-state index is 0.580. The summed E-state index contributed by atoms with van der Waals surface area (Å²) in [4.78, 5) is 4.56. The van der Waals surface area contributed by atoms with Crippen LogP contribution < -0.4 is 5.73 Å². The van der Waals surface area contributed by atoms with Crippen LogP contribution in [0.25, 0.3) is 0 Å². The molecule has 1 aromatic rings. The van der Waals surface area contributed by atoms with Gasteiger partial charge < -0.3 is 5.73 Å². The zero-order valence-corrected chi connectivity index (χ0v) is 10.3. The third kappa shape index (κ3) is 4.09. The van der Waals surface area contributed by atoms with E-state index < -0.39 is 0 Å². The Kier molecular flexibility index (Phi) is 4.39. The van der Waals surface area contributed by atoms with Gasteiger partial charge in [0.2, 0.25) is 0 Å². The predicted octanol–water partition coefficient (Wildman–Crippen LogP) is 3.02. The first-order valence-electron chi connectivity index (χ1n) is 4.92. The van der Waals surface area contributed by atoms with Crippen LogP contribution in [-0.2, 0) is 6.42 Å². The molecule has 0 bridgehead atoms. The number of nitrogens with zero attached hydrogens (tertiary/aromatic N) is 1. The van der Waals surface area contributed by atoms with Crippen molar-refractivity contribution in [2.45, 2.75) is 31.5 Å². The topological polar surface area (TPSA) is 38.9 Å². The molecule has 1 aromatic heterocycles. The summed E-state index contributed by atoms with van der Waals surface area (Å²) in [6.07, 6.45) is 4.03. The Morgan fingerprint density at radius 3 is 2.79 bits per heavy atom. The Labute approximate surface area is 94.0 Å². The van der Waals surface area contributed by atoms with Crippen LogP contribution in [0.15, 0.2) is 18.3 Å². The molecule has 0 aliphatic rings. The number of anilines is 1. The first kappa shape index (κ1) is 11.5. The maximum absolute atomic E-state index is 5.62. The zero-order valence-electron chi connectivity index (χ0n) is 8.70. The minimum Gasteiger partial charge on any atom is -0.384 e. The molecular formula is C11H17BrN2. The summed E-state index contributed by atoms with van der Waals surface area (Å²) in [5, 5.41) is 0. The molecule has 0 saturated heterocycles. The first-order valence-corrected chi connectivity index (χ1v) is 5.84. The highest BCUT2D eigenvalue weighted by Gasteiger charge is 2.07. The van der Waals surface area contributed by atoms with E-state index in [4.69, 9.17) is 5.73 Å². The average molecular weight is 257 g/mol. The highest BCUT2D eigenvalue weighted by atomic mass is 79.9. The Hall–Kier alpha value is -0.570. The normalized spacial score (nSPS) is 15.1. The third-order valence-corrected chi connectivity index (χ3v) is 2.53. The second kappa shape index (κ2) is 5.35. The number of alkyl halides is 1. The lowest BCUT2D eigenvalue weighted by atomic mass is 9.97. The molecule has 2 atom stereocenters. The van der Waals surface area contributed by atoms with Crippen molar-refractivity contribution in [1.82, 2.24) is 4.98 Å². The molecule has 2 nitrogen and oxygen atoms in total. The number of halogens is 1. The van der Waals surface area contributed by atoms with Gasteiger partial charge in [-0.3, -0.25) is 0 Å². The molecule has 0 aliphatic heterocycles. The Morgan fingerprint density at radius 2 is 2.21 bits per heavy atom. The summed E-state index contributed by atoms with van der Waals surface area (Å²) in [5.74, 6) is 1.28. The highest BCUT2D eigenvalue weighted by molar-refractivity contribution is 9.09. The van der Waals surface area contributed by atoms with Gasteiger partial charge in [-0.2, -0.15) is 0 Å². The summed E-state index contributed by atoms with van der Waals surface area (Å²) >= 11 is 3.57. The van der Waals surface area contributed by atoms with E-state index in [9.17, 15) is 0 Å². The van der Waals surface area contributed by atoms with Gasteiger partial charge in [0.15, 0.2) is 0 Å². The van der Waals surface area contributed by atoms with Crippen molar-refractivity contribution in [2.24, 2.45) is 5.92 Å². The molecule has 2 unspecified atom stereocenters. The zero-order chi connectivity index (χ0) is 10.6. The van der Waals surface area contributed by atoms with Gasteiger partial charge in [0.1, 0.15) is 5.82 Å². The average Bonchev–Trinajstić information content (AvgIpc) is 2.01. The van der Waals surface area contributed by atoms with Crippen LogP contribution in [0.3, 0.4) is 0 Å². The van der Waals surface area contributed by atoms with Crippen molar-refractivity contribution in [2.75, 3.05) is 5.73 Å². The van der Waals surface area contributed by atoms with E-state index in [0.29, 0.717) is 16.6 Å². The van der Waals surface area contributed by atoms with Crippen LogP contribution in [0, 0.1) is 5.92 Å². The van der Waals surface area contributed by atoms with Crippen molar-refractivity contribution in [1.29, 1.82) is 0 Å². The van der Waals surface area contributed by atoms with Crippen LogP contribution in [0.5, 0.6) is 0 Å². The van der Waals surface area contributed by atoms with Crippen molar-refractivity contribution in [3.05, 3.63) is 23.9 Å². The van der Waals surface area contributed by atoms with Gasteiger partial charge in [0.25, 0.3) is 0 Å². The number of nitrogen functional groups attached to an aromatic ring is 1. The summed E-state index contributed by atoms with van der Waals surface area (Å²) in [6.45, 7) is 4.44. The molecular weight excluding hydrogens is 240 g/mol. The van der Waals surface area contributed by atoms with Crippen molar-refractivity contribution in [3.8, 4) is 0 Å². The number of nitrogens with two attached hydrogens (primary N) is 1. The monoisotopic (exact) mass is 256 g/mol. The van der Waals surface area contributed by atoms with Crippen LogP contribution in [0.1, 0.15) is 25.8 Å². The number of pyridine rings is 1. The van der Waals surface area contributed by atoms with E-state index in [0.717, 1.165) is 6.42 Å². The van der Waals surface area contributed by atoms with E-state index in [1.807, 2.05) is 12.1 Å². The standard InChI is InChI=1S/C11H17BrN2/c1-8(5-9(2)12)6-10-3-4-14-11(13)7-10/h3-4,7-9H,5-6H2,1-2H3,(H2,13,14). The van der Waals surface area contributed by atoms with Crippen molar-refractivity contribution >= 4 is 21.7 Å². The van der Waals surface area contributed by atoms with Crippen LogP contribution in [-0.4, -0.2) is 9.81 Å². The molecule has 2 N–H and O–H groups in total. The SMILES string of the molecule is CC(Br)CC(C)Cc1ccnc(N)c1. The van der Waals surface area contributed by atoms with Crippen LogP contribution in [0.2, 0.25) is 0 Å². The summed E-state index contributed by atoms with van der Waals surface area (Å²) in [7, 11) is 0. The molecule has 14 heavy (non-hydrogen) atoms. The second-order valence-corrected chi connectivity index (χ2v) is 5.48. The maximum atomic E-state index is 5.62. The predicted molar refractivity (Wildman–Crippen MR) is 64.5 cm³/mol. The summed E-state index contributed by atoms with van der Waals surface area (Å²) in [6, 6.07) is 3.99. The maximum Gasteiger partial charge on any atom is 0.123 e. The molecule has 1 heterocycles. The van der Waals surface area contributed by atoms with Gasteiger partial charge in [-0.1, -0.05) is 29.8 Å². The number of hydrogen-bond acceptors (Lipinski definition) is 2. The number of rotatable bonds is 4. The van der Waals surface area contributed by atoms with Gasteiger partial charge in [0, 0.05) is 11.0 Å². The molecule has 0 spiro atoms. The molecule has 0 fully saturated rings. The minimum atomic E-state index is 0.580. The van der Waals surface area contributed by atoms with Crippen molar-refractivity contribution in [3.63, 3.8) is 0 Å². The highest BCUT2D eigenvalue weighted by Crippen LogP contribution is 2.17. The lowest BCUT2D eigenvalue weighted by molar-refractivity contribution is 0.532. The largest absolute Gasteiger partial charge is 0.384 e. The lowest BCUT2D eigenvalue weighted by Crippen LogP contribution is -2.05. The summed E-state index contributed by atoms with van der Waals surface area (Å²) < 4.78 is 0. The quantitative estimate of drug-likeness (QED) is 0.842. The van der Waals surface area contributed by atoms with Crippen molar-refractivity contribution < 1.29 is 0 Å². The van der Waals surface area contributed by atoms with Gasteiger partial charge >= 0.3 is 0 Å². The lowest BCUT2D eigenvalue weighted by Gasteiger charge is -2.12. The van der Waals surface area contributed by atoms with E-state index in [-0.39, 0.29) is 0 Å². The fraction of sp³-hybridized carbons (Fsp3) is 0.545. The smallest absolute Gasteiger partial charge is 0.123 e. The Morgan fingerprint density at radius 1 is 1.50 bits per heavy atom. The second-order valence-electron chi connectivity index (χ2n) is 3.91. The van der Waals surface area contributed by atoms with Gasteiger partial charge in [-0.05, 0) is 36.5 Å². The molecule has 1 rings (SSSR count). The van der Waals surface area contributed by atoms with Gasteiger partial charge in [0.05, 0.1) is 0 Å². The molecule has 0 aromatic carbocycles. The summed E-state index contributed by atoms with van der Waals surface area (Å²) in [5.41, 5.74) is 6.89. The van der Waals surface area contributed by atoms with E-state index >= 15 is 0 Å². The number of hydrogen-bond donors (Lipinski definition) is 1. The van der Waals surface area contributed by atoms with Gasteiger partial charge in [-0.15, -0.1) is 0 Å². The van der Waals surface area contributed by atoms with Crippen LogP contribution in [0.4, 0.5) is 5.82 Å². The number of aromatic nitrogens is 1. The fourth-order valence-corrected chi connectivity index (χ4v) is 2.30. The Balaban J connectivity index is 2.51. The van der Waals surface area contributed by atoms with Gasteiger partial charge in [-0.25, -0.2) is 4.98 Å². The van der Waals surface area contributed by atoms with Crippen LogP contribution >= 0.6 is 15.9 Å². The third-order valence-electron chi connectivity index (χ3n) is 2.16. The molecule has 3 heteroatoms. The molecule has 0 aliphatic carbocycles.